The zero-order chi connectivity index (χ0) is 15.3. The number of aldehydes is 1. The molecule has 21 heavy (non-hydrogen) atoms. The van der Waals surface area contributed by atoms with Crippen molar-refractivity contribution in [2.24, 2.45) is 0 Å². The van der Waals surface area contributed by atoms with E-state index in [1.54, 1.807) is 6.07 Å². The van der Waals surface area contributed by atoms with E-state index in [2.05, 4.69) is 20.0 Å². The van der Waals surface area contributed by atoms with E-state index in [1.807, 2.05) is 0 Å². The highest BCUT2D eigenvalue weighted by atomic mass is 19.4. The highest BCUT2D eigenvalue weighted by Gasteiger charge is 2.31. The SMILES string of the molecule is O=Cc1cnc(NCc2cccc(OC(F)(F)F)c2)cn1. The molecule has 1 heterocycles. The van der Waals surface area contributed by atoms with E-state index in [4.69, 9.17) is 0 Å². The van der Waals surface area contributed by atoms with Gasteiger partial charge in [0.1, 0.15) is 17.3 Å². The molecular weight excluding hydrogens is 287 g/mol. The van der Waals surface area contributed by atoms with Crippen LogP contribution in [0.15, 0.2) is 36.7 Å². The third-order valence-corrected chi connectivity index (χ3v) is 2.40. The molecule has 0 saturated carbocycles. The van der Waals surface area contributed by atoms with Gasteiger partial charge in [0.15, 0.2) is 6.29 Å². The molecule has 5 nitrogen and oxygen atoms in total. The lowest BCUT2D eigenvalue weighted by Gasteiger charge is -2.10. The Morgan fingerprint density at radius 3 is 2.67 bits per heavy atom. The zero-order valence-corrected chi connectivity index (χ0v) is 10.6. The first kappa shape index (κ1) is 14.8. The van der Waals surface area contributed by atoms with Crippen LogP contribution in [0.25, 0.3) is 0 Å². The van der Waals surface area contributed by atoms with Gasteiger partial charge in [0.2, 0.25) is 0 Å². The molecule has 110 valence electrons. The molecule has 0 atom stereocenters. The van der Waals surface area contributed by atoms with E-state index >= 15 is 0 Å². The van der Waals surface area contributed by atoms with Gasteiger partial charge in [-0.3, -0.25) is 4.79 Å². The third kappa shape index (κ3) is 4.75. The molecule has 1 aromatic carbocycles. The van der Waals surface area contributed by atoms with Crippen LogP contribution in [0, 0.1) is 0 Å². The number of nitrogens with zero attached hydrogens (tertiary/aromatic N) is 2. The van der Waals surface area contributed by atoms with Crippen LogP contribution in [-0.2, 0) is 6.54 Å². The monoisotopic (exact) mass is 297 g/mol. The number of halogens is 3. The lowest BCUT2D eigenvalue weighted by molar-refractivity contribution is -0.274. The summed E-state index contributed by atoms with van der Waals surface area (Å²) in [7, 11) is 0. The van der Waals surface area contributed by atoms with Gasteiger partial charge in [-0.2, -0.15) is 0 Å². The molecule has 0 fully saturated rings. The van der Waals surface area contributed by atoms with Crippen LogP contribution in [-0.4, -0.2) is 22.6 Å². The van der Waals surface area contributed by atoms with E-state index in [0.29, 0.717) is 17.7 Å². The Labute approximate surface area is 117 Å². The lowest BCUT2D eigenvalue weighted by atomic mass is 10.2. The first-order valence-electron chi connectivity index (χ1n) is 5.82. The average Bonchev–Trinajstić information content (AvgIpc) is 2.44. The molecule has 2 aromatic rings. The topological polar surface area (TPSA) is 64.1 Å². The summed E-state index contributed by atoms with van der Waals surface area (Å²) in [4.78, 5) is 18.2. The standard InChI is InChI=1S/C13H10F3N3O2/c14-13(15,16)21-11-3-1-2-9(4-11)5-18-12-7-17-10(8-20)6-19-12/h1-4,6-8H,5H2,(H,18,19). The summed E-state index contributed by atoms with van der Waals surface area (Å²) in [5.41, 5.74) is 0.777. The number of hydrogen-bond donors (Lipinski definition) is 1. The molecule has 0 saturated heterocycles. The fourth-order valence-corrected chi connectivity index (χ4v) is 1.54. The minimum Gasteiger partial charge on any atom is -0.406 e. The molecule has 8 heteroatoms. The highest BCUT2D eigenvalue weighted by molar-refractivity contribution is 5.71. The van der Waals surface area contributed by atoms with Crippen LogP contribution in [0.2, 0.25) is 0 Å². The van der Waals surface area contributed by atoms with Crippen molar-refractivity contribution in [3.8, 4) is 5.75 Å². The molecule has 0 spiro atoms. The quantitative estimate of drug-likeness (QED) is 0.860. The maximum Gasteiger partial charge on any atom is 0.573 e. The number of nitrogens with one attached hydrogen (secondary N) is 1. The average molecular weight is 297 g/mol. The van der Waals surface area contributed by atoms with Crippen molar-refractivity contribution in [2.75, 3.05) is 5.32 Å². The van der Waals surface area contributed by atoms with Crippen molar-refractivity contribution >= 4 is 12.1 Å². The fourth-order valence-electron chi connectivity index (χ4n) is 1.54. The second kappa shape index (κ2) is 6.21. The van der Waals surface area contributed by atoms with Crippen LogP contribution in [0.5, 0.6) is 5.75 Å². The minimum absolute atomic E-state index is 0.195. The molecule has 1 N–H and O–H groups in total. The number of alkyl halides is 3. The molecule has 0 bridgehead atoms. The Kier molecular flexibility index (Phi) is 4.36. The van der Waals surface area contributed by atoms with Crippen LogP contribution in [0.1, 0.15) is 16.1 Å². The summed E-state index contributed by atoms with van der Waals surface area (Å²) >= 11 is 0. The van der Waals surface area contributed by atoms with E-state index in [9.17, 15) is 18.0 Å². The van der Waals surface area contributed by atoms with Gasteiger partial charge in [0, 0.05) is 6.54 Å². The lowest BCUT2D eigenvalue weighted by Crippen LogP contribution is -2.17. The number of anilines is 1. The number of carbonyl (C=O) groups is 1. The number of hydrogen-bond acceptors (Lipinski definition) is 5. The summed E-state index contributed by atoms with van der Waals surface area (Å²) in [6, 6.07) is 5.59. The smallest absolute Gasteiger partial charge is 0.406 e. The zero-order valence-electron chi connectivity index (χ0n) is 10.6. The molecule has 0 aliphatic heterocycles. The van der Waals surface area contributed by atoms with Crippen molar-refractivity contribution in [2.45, 2.75) is 12.9 Å². The summed E-state index contributed by atoms with van der Waals surface area (Å²) in [5, 5.41) is 2.88. The van der Waals surface area contributed by atoms with Crippen molar-refractivity contribution in [1.29, 1.82) is 0 Å². The second-order valence-electron chi connectivity index (χ2n) is 3.99. The number of carbonyl (C=O) groups excluding carboxylic acids is 1. The number of ether oxygens (including phenoxy) is 1. The molecule has 1 aromatic heterocycles. The van der Waals surface area contributed by atoms with Gasteiger partial charge in [0.25, 0.3) is 0 Å². The van der Waals surface area contributed by atoms with Gasteiger partial charge in [0.05, 0.1) is 12.4 Å². The number of rotatable bonds is 5. The minimum atomic E-state index is -4.72. The molecule has 0 amide bonds. The van der Waals surface area contributed by atoms with Gasteiger partial charge in [-0.15, -0.1) is 13.2 Å². The fraction of sp³-hybridized carbons (Fsp3) is 0.154. The van der Waals surface area contributed by atoms with E-state index < -0.39 is 6.36 Å². The number of benzene rings is 1. The third-order valence-electron chi connectivity index (χ3n) is 2.40. The Hall–Kier alpha value is -2.64. The van der Waals surface area contributed by atoms with Crippen molar-refractivity contribution in [3.63, 3.8) is 0 Å². The first-order chi connectivity index (χ1) is 9.96. The van der Waals surface area contributed by atoms with Gasteiger partial charge < -0.3 is 10.1 Å². The molecule has 0 aliphatic rings. The molecular formula is C13H10F3N3O2. The first-order valence-corrected chi connectivity index (χ1v) is 5.82. The van der Waals surface area contributed by atoms with Gasteiger partial charge in [-0.25, -0.2) is 9.97 Å². The van der Waals surface area contributed by atoms with Crippen LogP contribution >= 0.6 is 0 Å². The molecule has 2 rings (SSSR count). The second-order valence-corrected chi connectivity index (χ2v) is 3.99. The Balaban J connectivity index is 1.99. The normalized spacial score (nSPS) is 11.0. The van der Waals surface area contributed by atoms with Crippen LogP contribution in [0.4, 0.5) is 19.0 Å². The Bertz CT molecular complexity index is 615. The van der Waals surface area contributed by atoms with Gasteiger partial charge in [-0.1, -0.05) is 12.1 Å². The van der Waals surface area contributed by atoms with Crippen molar-refractivity contribution in [1.82, 2.24) is 9.97 Å². The predicted molar refractivity (Wildman–Crippen MR) is 67.9 cm³/mol. The van der Waals surface area contributed by atoms with Crippen LogP contribution in [0.3, 0.4) is 0 Å². The van der Waals surface area contributed by atoms with Crippen molar-refractivity contribution in [3.05, 3.63) is 47.9 Å². The van der Waals surface area contributed by atoms with E-state index in [-0.39, 0.29) is 18.0 Å². The maximum absolute atomic E-state index is 12.1. The Morgan fingerprint density at radius 1 is 1.24 bits per heavy atom. The van der Waals surface area contributed by atoms with E-state index in [0.717, 1.165) is 0 Å². The Morgan fingerprint density at radius 2 is 2.05 bits per heavy atom. The largest absolute Gasteiger partial charge is 0.573 e. The maximum atomic E-state index is 12.1. The van der Waals surface area contributed by atoms with Gasteiger partial charge >= 0.3 is 6.36 Å². The molecule has 0 aliphatic carbocycles. The summed E-state index contributed by atoms with van der Waals surface area (Å²) in [6.07, 6.45) is -1.50. The summed E-state index contributed by atoms with van der Waals surface area (Å²) in [6.45, 7) is 0.240. The molecule has 0 unspecified atom stereocenters. The van der Waals surface area contributed by atoms with Crippen molar-refractivity contribution < 1.29 is 22.7 Å². The summed E-state index contributed by atoms with van der Waals surface area (Å²) < 4.78 is 40.2. The van der Waals surface area contributed by atoms with Crippen LogP contribution < -0.4 is 10.1 Å². The summed E-state index contributed by atoms with van der Waals surface area (Å²) in [5.74, 6) is 0.118. The van der Waals surface area contributed by atoms with Gasteiger partial charge in [-0.05, 0) is 17.7 Å². The van der Waals surface area contributed by atoms with E-state index in [1.165, 1.54) is 30.6 Å². The number of aromatic nitrogens is 2. The highest BCUT2D eigenvalue weighted by Crippen LogP contribution is 2.23. The molecule has 0 radical (unpaired) electrons. The predicted octanol–water partition coefficient (Wildman–Crippen LogP) is 2.80.